The Balaban J connectivity index is 0.000000226. The summed E-state index contributed by atoms with van der Waals surface area (Å²) in [6.07, 6.45) is 15.3. The molecular weight excluding hydrogens is 1750 g/mol. The van der Waals surface area contributed by atoms with Crippen molar-refractivity contribution in [3.63, 3.8) is 0 Å². The monoisotopic (exact) mass is 1890 g/mol. The normalized spacial score (nSPS) is 13.0. The molecule has 29 heteroatoms. The highest BCUT2D eigenvalue weighted by Gasteiger charge is 2.39. The van der Waals surface area contributed by atoms with Gasteiger partial charge in [0.15, 0.2) is 34.7 Å². The molecule has 138 heavy (non-hydrogen) atoms. The Hall–Kier alpha value is -13.5. The maximum Gasteiger partial charge on any atom is 0.228 e. The second kappa shape index (κ2) is 49.0. The van der Waals surface area contributed by atoms with E-state index in [4.69, 9.17) is 17.2 Å². The van der Waals surface area contributed by atoms with Gasteiger partial charge in [0.25, 0.3) is 0 Å². The number of aromatic amines is 6. The van der Waals surface area contributed by atoms with Crippen LogP contribution in [0.5, 0.6) is 0 Å². The van der Waals surface area contributed by atoms with E-state index in [1.165, 1.54) is 51.3 Å². The summed E-state index contributed by atoms with van der Waals surface area (Å²) >= 11 is 0. The Morgan fingerprint density at radius 1 is 0.326 bits per heavy atom. The molecule has 6 aromatic carbocycles. The molecule has 0 aliphatic rings. The first kappa shape index (κ1) is 111. The fourth-order valence-electron chi connectivity index (χ4n) is 16.0. The molecule has 0 radical (unpaired) electrons. The lowest BCUT2D eigenvalue weighted by Crippen LogP contribution is -2.44. The van der Waals surface area contributed by atoms with E-state index in [-0.39, 0.29) is 120 Å². The van der Waals surface area contributed by atoms with Gasteiger partial charge in [-0.2, -0.15) is 0 Å². The highest BCUT2D eigenvalue weighted by molar-refractivity contribution is 5.99. The third-order valence-electron chi connectivity index (χ3n) is 26.0. The Morgan fingerprint density at radius 3 is 0.826 bits per heavy atom. The number of Topliss-reactive ketones (excluding diaryl/α,β-unsaturated/α-hetero) is 10. The molecule has 6 aromatic heterocycles. The molecule has 6 atom stereocenters. The van der Waals surface area contributed by atoms with Gasteiger partial charge in [0.05, 0.1) is 47.1 Å². The van der Waals surface area contributed by atoms with Crippen LogP contribution in [0.1, 0.15) is 197 Å². The van der Waals surface area contributed by atoms with Gasteiger partial charge in [0.1, 0.15) is 23.1 Å². The van der Waals surface area contributed by atoms with Crippen LogP contribution in [0.3, 0.4) is 0 Å². The highest BCUT2D eigenvalue weighted by atomic mass is 16.2. The summed E-state index contributed by atoms with van der Waals surface area (Å²) < 4.78 is 0. The quantitative estimate of drug-likeness (QED) is 0.0159. The number of hydrogen-bond donors (Lipinski definition) is 12. The van der Waals surface area contributed by atoms with Crippen molar-refractivity contribution < 1.29 is 71.9 Å². The van der Waals surface area contributed by atoms with Gasteiger partial charge in [-0.1, -0.05) is 192 Å². The van der Waals surface area contributed by atoms with Crippen molar-refractivity contribution in [2.24, 2.45) is 49.7 Å². The minimum Gasteiger partial charge on any atom is -0.361 e. The van der Waals surface area contributed by atoms with Crippen LogP contribution in [0.15, 0.2) is 183 Å². The Morgan fingerprint density at radius 2 is 0.565 bits per heavy atom. The van der Waals surface area contributed by atoms with Gasteiger partial charge in [-0.15, -0.1) is 0 Å². The molecule has 0 fully saturated rings. The van der Waals surface area contributed by atoms with Crippen molar-refractivity contribution in [1.29, 1.82) is 0 Å². The molecule has 0 saturated heterocycles. The minimum absolute atomic E-state index is 0.00939. The van der Waals surface area contributed by atoms with Gasteiger partial charge in [-0.25, -0.2) is 0 Å². The predicted octanol–water partition coefficient (Wildman–Crippen LogP) is 14.8. The number of para-hydroxylation sites is 6. The SMILES string of the molecule is CC(=O)C(C)(C)CC(=O)C(Cc1c[nH]c2ccccc12)NC=O.CC(=O)C(C)(C)CC(=O)C(N)Cc1c[nH]c2ccccc12.CC(=O)N(C)C(Cc1c[nH]c2ccccc12)C(=O)CC(C)(C)C(C)=O.CC(=O)NC(Cc1c[nH]c2ccccc12)C(=O)CC(C)(C)C(C)=O.CN(C)C(=O)C(C)(C)CC(=O)C(N)Cc1c[nH]c2ccccc12.CNC(=O)C(C)(C)CC(=O)C(N)Cc1c[nH]c2ccccc12. The van der Waals surface area contributed by atoms with Crippen molar-refractivity contribution in [2.75, 3.05) is 28.2 Å². The number of nitrogens with two attached hydrogens (primary N) is 3. The molecule has 0 aliphatic carbocycles. The topological polar surface area (TPSA) is 471 Å². The smallest absolute Gasteiger partial charge is 0.228 e. The standard InChI is InChI=1S/C20H26N2O3.C19H24N2O3.C18H25N3O2.C18H22N2O3.C17H23N3O2.C17H22N2O2/c1-13(23)20(3,4)11-19(25)18(22(5)14(2)24)10-15-12-21-17-9-7-6-8-16(15)17;1-12(22)19(3,4)10-18(24)17(21-13(2)23)9-14-11-20-16-8-6-5-7-15(14)16;1-18(2,17(23)21(3)4)10-16(22)14(19)9-12-11-20-15-8-6-5-7-13(12)15;1-12(22)18(2,3)9-17(23)16(20-11-21)8-13-10-19-15-7-5-4-6-14(13)15;1-17(2,16(22)19-3)9-15(21)13(18)8-11-10-20-14-7-5-4-6-12(11)14;1-11(20)17(2,3)9-16(21)14(18)8-12-10-19-15-7-5-4-6-13(12)15/h6-9,12,18,21H,10-11H2,1-5H3;5-8,11,17,20H,9-10H2,1-4H3,(H,21,23);5-8,11,14,20H,9-10,19H2,1-4H3;4-7,10-11,16,19H,8-9H2,1-3H3,(H,20,21);4-7,10,13,20H,8-9,18H2,1-3H3,(H,19,22);4-7,10,14,19H,8-9,18H2,1-3H3. The molecule has 6 unspecified atom stereocenters. The number of benzene rings is 6. The molecule has 15 N–H and O–H groups in total. The average molecular weight is 1890 g/mol. The second-order valence-corrected chi connectivity index (χ2v) is 40.1. The lowest BCUT2D eigenvalue weighted by molar-refractivity contribution is -0.141. The first-order valence-electron chi connectivity index (χ1n) is 46.5. The largest absolute Gasteiger partial charge is 0.361 e. The van der Waals surface area contributed by atoms with Crippen LogP contribution in [0, 0.1) is 32.5 Å². The van der Waals surface area contributed by atoms with Crippen molar-refractivity contribution in [3.8, 4) is 0 Å². The van der Waals surface area contributed by atoms with Gasteiger partial charge in [0, 0.05) is 224 Å². The molecule has 6 heterocycles. The van der Waals surface area contributed by atoms with Crippen molar-refractivity contribution in [3.05, 3.63) is 216 Å². The molecule has 0 bridgehead atoms. The number of hydrogen-bond acceptors (Lipinski definition) is 18. The molecule has 0 aliphatic heterocycles. The minimum atomic E-state index is -0.746. The number of aromatic nitrogens is 6. The maximum absolute atomic E-state index is 12.9. The number of ketones is 10. The van der Waals surface area contributed by atoms with Gasteiger partial charge in [0.2, 0.25) is 30.0 Å². The van der Waals surface area contributed by atoms with E-state index < -0.39 is 68.7 Å². The zero-order valence-electron chi connectivity index (χ0n) is 84.1. The first-order chi connectivity index (χ1) is 64.6. The van der Waals surface area contributed by atoms with E-state index in [0.29, 0.717) is 44.9 Å². The number of rotatable bonds is 40. The summed E-state index contributed by atoms with van der Waals surface area (Å²) in [6, 6.07) is 43.6. The molecule has 12 aromatic rings. The third kappa shape index (κ3) is 31.0. The summed E-state index contributed by atoms with van der Waals surface area (Å²) in [4.78, 5) is 202. The van der Waals surface area contributed by atoms with Crippen LogP contribution >= 0.6 is 0 Å². The number of H-pyrrole nitrogens is 6. The maximum atomic E-state index is 12.9. The van der Waals surface area contributed by atoms with Gasteiger partial charge in [-0.05, 0) is 117 Å². The number of amides is 5. The Bertz CT molecular complexity index is 6340. The molecular formula is C109H142N14O15. The van der Waals surface area contributed by atoms with E-state index in [2.05, 4.69) is 45.9 Å². The van der Waals surface area contributed by atoms with Crippen molar-refractivity contribution in [1.82, 2.24) is 55.7 Å². The van der Waals surface area contributed by atoms with Crippen LogP contribution in [-0.2, 0) is 110 Å². The summed E-state index contributed by atoms with van der Waals surface area (Å²) in [5.41, 5.74) is 26.0. The average Bonchev–Trinajstić information content (AvgIpc) is 1.73. The highest BCUT2D eigenvalue weighted by Crippen LogP contribution is 2.33. The Kier molecular flexibility index (Phi) is 39.6. The fraction of sp³-hybridized carbons (Fsp3) is 0.422. The van der Waals surface area contributed by atoms with Crippen molar-refractivity contribution >= 4 is 153 Å². The number of likely N-dealkylation sites (N-methyl/N-ethyl adjacent to an activating group) is 1. The van der Waals surface area contributed by atoms with E-state index >= 15 is 0 Å². The number of nitrogens with one attached hydrogen (secondary N) is 9. The lowest BCUT2D eigenvalue weighted by atomic mass is 9.81. The van der Waals surface area contributed by atoms with Crippen LogP contribution < -0.4 is 33.2 Å². The lowest BCUT2D eigenvalue weighted by Gasteiger charge is -2.29. The predicted molar refractivity (Wildman–Crippen MR) is 545 cm³/mol. The van der Waals surface area contributed by atoms with Crippen molar-refractivity contribution in [2.45, 2.75) is 238 Å². The molecule has 12 rings (SSSR count). The molecule has 29 nitrogen and oxygen atoms in total. The molecule has 5 amide bonds. The summed E-state index contributed by atoms with van der Waals surface area (Å²) in [5.74, 6) is -1.35. The summed E-state index contributed by atoms with van der Waals surface area (Å²) in [6.45, 7) is 30.0. The van der Waals surface area contributed by atoms with Crippen LogP contribution in [0.25, 0.3) is 65.4 Å². The summed E-state index contributed by atoms with van der Waals surface area (Å²) in [7, 11) is 6.60. The first-order valence-corrected chi connectivity index (χ1v) is 46.5. The van der Waals surface area contributed by atoms with Crippen LogP contribution in [0.2, 0.25) is 0 Å². The van der Waals surface area contributed by atoms with Gasteiger partial charge < -0.3 is 72.9 Å². The number of nitrogens with zero attached hydrogens (tertiary/aromatic N) is 2. The zero-order chi connectivity index (χ0) is 103. The number of fused-ring (bicyclic) bond motifs is 6. The van der Waals surface area contributed by atoms with E-state index in [1.807, 2.05) is 183 Å². The van der Waals surface area contributed by atoms with Crippen LogP contribution in [0.4, 0.5) is 0 Å². The number of carbonyl (C=O) groups is 15. The van der Waals surface area contributed by atoms with Gasteiger partial charge in [-0.3, -0.25) is 71.9 Å². The Labute approximate surface area is 808 Å². The molecule has 0 spiro atoms. The second-order valence-electron chi connectivity index (χ2n) is 40.1. The summed E-state index contributed by atoms with van der Waals surface area (Å²) in [5, 5.41) is 14.3. The molecule has 738 valence electrons. The van der Waals surface area contributed by atoms with Gasteiger partial charge >= 0.3 is 0 Å². The fourth-order valence-corrected chi connectivity index (χ4v) is 16.0. The van der Waals surface area contributed by atoms with E-state index in [0.717, 1.165) is 98.8 Å². The number of carbonyl (C=O) groups excluding carboxylic acids is 15. The van der Waals surface area contributed by atoms with E-state index in [9.17, 15) is 71.9 Å². The molecule has 0 saturated carbocycles. The van der Waals surface area contributed by atoms with Crippen LogP contribution in [-0.4, -0.2) is 192 Å². The zero-order valence-corrected chi connectivity index (χ0v) is 84.1. The van der Waals surface area contributed by atoms with E-state index in [1.54, 1.807) is 111 Å². The third-order valence-corrected chi connectivity index (χ3v) is 26.0.